The molecule has 2 aromatic rings. The van der Waals surface area contributed by atoms with Gasteiger partial charge < -0.3 is 5.32 Å². The van der Waals surface area contributed by atoms with Gasteiger partial charge in [-0.1, -0.05) is 18.2 Å². The van der Waals surface area contributed by atoms with Gasteiger partial charge in [0.15, 0.2) is 15.5 Å². The second-order valence-electron chi connectivity index (χ2n) is 4.57. The number of anilines is 2. The first kappa shape index (κ1) is 17.6. The highest BCUT2D eigenvalue weighted by atomic mass is 35.5. The number of nitrogens with one attached hydrogen (secondary N) is 1. The van der Waals surface area contributed by atoms with Crippen molar-refractivity contribution < 1.29 is 18.3 Å². The highest BCUT2D eigenvalue weighted by Crippen LogP contribution is 2.39. The van der Waals surface area contributed by atoms with Crippen molar-refractivity contribution in [1.82, 2.24) is 0 Å². The van der Waals surface area contributed by atoms with Crippen LogP contribution in [-0.4, -0.2) is 23.5 Å². The molecule has 0 aliphatic heterocycles. The molecule has 24 heavy (non-hydrogen) atoms. The maximum atomic E-state index is 11.8. The van der Waals surface area contributed by atoms with Gasteiger partial charge in [-0.15, -0.1) is 11.6 Å². The van der Waals surface area contributed by atoms with Crippen LogP contribution in [-0.2, 0) is 9.84 Å². The Morgan fingerprint density at radius 2 is 1.50 bits per heavy atom. The summed E-state index contributed by atoms with van der Waals surface area (Å²) >= 11 is 5.32. The van der Waals surface area contributed by atoms with Crippen LogP contribution in [0.25, 0.3) is 0 Å². The van der Waals surface area contributed by atoms with Crippen LogP contribution in [0.3, 0.4) is 0 Å². The van der Waals surface area contributed by atoms with Crippen molar-refractivity contribution in [2.45, 2.75) is 4.90 Å². The number of hydrogen-bond acceptors (Lipinski definition) is 7. The Morgan fingerprint density at radius 3 is 1.92 bits per heavy atom. The Bertz CT molecular complexity index is 866. The lowest BCUT2D eigenvalue weighted by Gasteiger charge is -2.09. The smallest absolute Gasteiger partial charge is 0.301 e. The molecule has 0 bridgehead atoms. The molecule has 1 N–H and O–H groups in total. The lowest BCUT2D eigenvalue weighted by Crippen LogP contribution is -2.07. The van der Waals surface area contributed by atoms with Crippen molar-refractivity contribution >= 4 is 44.2 Å². The lowest BCUT2D eigenvalue weighted by molar-refractivity contribution is -0.392. The molecule has 0 aliphatic rings. The molecule has 126 valence electrons. The maximum absolute atomic E-state index is 11.8. The number of nitro groups is 2. The fraction of sp³-hybridized carbons (Fsp3) is 0.0769. The SMILES string of the molecule is O=[N+]([O-])c1cc(S(=O)(=O)CCl)cc([N+](=O)[O-])c1Nc1ccccc1. The average Bonchev–Trinajstić information content (AvgIpc) is 2.55. The van der Waals surface area contributed by atoms with Crippen molar-refractivity contribution in [2.24, 2.45) is 0 Å². The molecule has 2 aromatic carbocycles. The predicted molar refractivity (Wildman–Crippen MR) is 87.4 cm³/mol. The van der Waals surface area contributed by atoms with Gasteiger partial charge in [-0.3, -0.25) is 20.2 Å². The molecule has 0 fully saturated rings. The number of nitrogens with zero attached hydrogens (tertiary/aromatic N) is 2. The monoisotopic (exact) mass is 371 g/mol. The number of alkyl halides is 1. The Morgan fingerprint density at radius 1 is 1.00 bits per heavy atom. The molecule has 0 saturated carbocycles. The Kier molecular flexibility index (Phi) is 5.00. The zero-order valence-electron chi connectivity index (χ0n) is 11.9. The molecule has 0 aliphatic carbocycles. The zero-order valence-corrected chi connectivity index (χ0v) is 13.5. The summed E-state index contributed by atoms with van der Waals surface area (Å²) in [4.78, 5) is 20.2. The molecule has 0 radical (unpaired) electrons. The molecular weight excluding hydrogens is 362 g/mol. The van der Waals surface area contributed by atoms with E-state index < -0.39 is 46.9 Å². The minimum atomic E-state index is -4.07. The van der Waals surface area contributed by atoms with Crippen LogP contribution in [0.5, 0.6) is 0 Å². The summed E-state index contributed by atoms with van der Waals surface area (Å²) in [5.74, 6) is 0. The molecule has 0 spiro atoms. The van der Waals surface area contributed by atoms with Crippen LogP contribution >= 0.6 is 11.6 Å². The summed E-state index contributed by atoms with van der Waals surface area (Å²) < 4.78 is 23.6. The maximum Gasteiger partial charge on any atom is 0.301 e. The van der Waals surface area contributed by atoms with E-state index in [4.69, 9.17) is 11.6 Å². The van der Waals surface area contributed by atoms with Crippen LogP contribution in [0.1, 0.15) is 0 Å². The summed E-state index contributed by atoms with van der Waals surface area (Å²) in [5, 5.41) is 24.3. The number of para-hydroxylation sites is 1. The van der Waals surface area contributed by atoms with E-state index in [-0.39, 0.29) is 0 Å². The third-order valence-corrected chi connectivity index (χ3v) is 5.11. The van der Waals surface area contributed by atoms with Gasteiger partial charge >= 0.3 is 11.4 Å². The van der Waals surface area contributed by atoms with Crippen molar-refractivity contribution in [3.8, 4) is 0 Å². The third kappa shape index (κ3) is 3.60. The van der Waals surface area contributed by atoms with E-state index in [9.17, 15) is 28.6 Å². The molecule has 0 amide bonds. The minimum absolute atomic E-state index is 0.372. The summed E-state index contributed by atoms with van der Waals surface area (Å²) in [7, 11) is -4.07. The number of hydrogen-bond donors (Lipinski definition) is 1. The van der Waals surface area contributed by atoms with E-state index in [1.165, 1.54) is 0 Å². The summed E-state index contributed by atoms with van der Waals surface area (Å²) in [6.45, 7) is 0. The van der Waals surface area contributed by atoms with Crippen LogP contribution < -0.4 is 5.32 Å². The van der Waals surface area contributed by atoms with E-state index in [1.807, 2.05) is 0 Å². The van der Waals surface area contributed by atoms with Gasteiger partial charge in [0.1, 0.15) is 5.21 Å². The largest absolute Gasteiger partial charge is 0.344 e. The standard InChI is InChI=1S/C13H10ClN3O6S/c14-8-24(22,23)10-6-11(16(18)19)13(12(7-10)17(20)21)15-9-4-2-1-3-5-9/h1-7,15H,8H2. The Balaban J connectivity index is 2.72. The Hall–Kier alpha value is -2.72. The number of benzene rings is 2. The van der Waals surface area contributed by atoms with Gasteiger partial charge in [-0.25, -0.2) is 8.42 Å². The van der Waals surface area contributed by atoms with E-state index >= 15 is 0 Å². The fourth-order valence-electron chi connectivity index (χ4n) is 1.91. The number of rotatable bonds is 6. The first-order chi connectivity index (χ1) is 11.3. The molecule has 11 heteroatoms. The van der Waals surface area contributed by atoms with Crippen LogP contribution in [0.15, 0.2) is 47.4 Å². The first-order valence-electron chi connectivity index (χ1n) is 6.34. The molecule has 0 heterocycles. The van der Waals surface area contributed by atoms with E-state index in [0.29, 0.717) is 5.69 Å². The summed E-state index contributed by atoms with van der Waals surface area (Å²) in [6, 6.07) is 9.56. The number of halogens is 1. The van der Waals surface area contributed by atoms with Crippen molar-refractivity contribution in [1.29, 1.82) is 0 Å². The van der Waals surface area contributed by atoms with E-state index in [2.05, 4.69) is 5.32 Å². The second-order valence-corrected chi connectivity index (χ2v) is 7.14. The summed E-state index contributed by atoms with van der Waals surface area (Å²) in [5.41, 5.74) is -1.52. The molecular formula is C13H10ClN3O6S. The van der Waals surface area contributed by atoms with Crippen molar-refractivity contribution in [3.05, 3.63) is 62.7 Å². The van der Waals surface area contributed by atoms with Crippen LogP contribution in [0.4, 0.5) is 22.7 Å². The minimum Gasteiger partial charge on any atom is -0.344 e. The quantitative estimate of drug-likeness (QED) is 0.468. The topological polar surface area (TPSA) is 132 Å². The number of sulfone groups is 1. The molecule has 0 aromatic heterocycles. The third-order valence-electron chi connectivity index (χ3n) is 3.01. The van der Waals surface area contributed by atoms with Crippen LogP contribution in [0, 0.1) is 20.2 Å². The van der Waals surface area contributed by atoms with Crippen molar-refractivity contribution in [2.75, 3.05) is 10.5 Å². The molecule has 2 rings (SSSR count). The fourth-order valence-corrected chi connectivity index (χ4v) is 3.00. The van der Waals surface area contributed by atoms with Crippen LogP contribution in [0.2, 0.25) is 0 Å². The van der Waals surface area contributed by atoms with Gasteiger partial charge in [0.2, 0.25) is 0 Å². The molecule has 0 saturated heterocycles. The van der Waals surface area contributed by atoms with Gasteiger partial charge in [0.25, 0.3) is 0 Å². The normalized spacial score (nSPS) is 11.0. The number of nitro benzene ring substituents is 2. The molecule has 9 nitrogen and oxygen atoms in total. The van der Waals surface area contributed by atoms with E-state index in [0.717, 1.165) is 12.1 Å². The Labute approximate surface area is 141 Å². The second kappa shape index (κ2) is 6.81. The highest BCUT2D eigenvalue weighted by Gasteiger charge is 2.30. The highest BCUT2D eigenvalue weighted by molar-refractivity contribution is 7.92. The van der Waals surface area contributed by atoms with Crippen molar-refractivity contribution in [3.63, 3.8) is 0 Å². The average molecular weight is 372 g/mol. The molecule has 0 unspecified atom stereocenters. The predicted octanol–water partition coefficient (Wildman–Crippen LogP) is 3.22. The summed E-state index contributed by atoms with van der Waals surface area (Å²) in [6.07, 6.45) is 0. The van der Waals surface area contributed by atoms with Gasteiger partial charge in [0.05, 0.1) is 14.7 Å². The zero-order chi connectivity index (χ0) is 17.9. The van der Waals surface area contributed by atoms with Gasteiger partial charge in [0, 0.05) is 17.8 Å². The molecule has 0 atom stereocenters. The van der Waals surface area contributed by atoms with E-state index in [1.54, 1.807) is 30.3 Å². The van der Waals surface area contributed by atoms with Gasteiger partial charge in [-0.2, -0.15) is 0 Å². The van der Waals surface area contributed by atoms with Gasteiger partial charge in [-0.05, 0) is 12.1 Å². The first-order valence-corrected chi connectivity index (χ1v) is 8.52. The lowest BCUT2D eigenvalue weighted by atomic mass is 10.2.